The van der Waals surface area contributed by atoms with Crippen LogP contribution in [-0.4, -0.2) is 37.6 Å². The zero-order valence-electron chi connectivity index (χ0n) is 10.1. The van der Waals surface area contributed by atoms with Crippen molar-refractivity contribution < 1.29 is 17.1 Å². The summed E-state index contributed by atoms with van der Waals surface area (Å²) in [4.78, 5) is 13.3. The first-order valence-electron chi connectivity index (χ1n) is 5.82. The highest BCUT2D eigenvalue weighted by Crippen LogP contribution is 2.19. The van der Waals surface area contributed by atoms with Gasteiger partial charge in [0.1, 0.15) is 5.25 Å². The molecule has 0 aromatic heterocycles. The Balaban J connectivity index is 1.97. The zero-order chi connectivity index (χ0) is 14.0. The lowest BCUT2D eigenvalue weighted by Crippen LogP contribution is -2.32. The Morgan fingerprint density at radius 1 is 1.37 bits per heavy atom. The monoisotopic (exact) mass is 305 g/mol. The molecule has 1 aromatic rings. The molecule has 2 rings (SSSR count). The van der Waals surface area contributed by atoms with E-state index >= 15 is 0 Å². The van der Waals surface area contributed by atoms with Crippen LogP contribution in [0, 0.1) is 0 Å². The van der Waals surface area contributed by atoms with Crippen LogP contribution in [0.1, 0.15) is 12.0 Å². The van der Waals surface area contributed by atoms with Crippen molar-refractivity contribution in [1.29, 1.82) is 0 Å². The van der Waals surface area contributed by atoms with E-state index in [1.165, 1.54) is 4.90 Å². The average Bonchev–Trinajstić information content (AvgIpc) is 2.81. The van der Waals surface area contributed by atoms with Crippen molar-refractivity contribution in [3.05, 3.63) is 34.9 Å². The first-order chi connectivity index (χ1) is 8.86. The molecule has 19 heavy (non-hydrogen) atoms. The van der Waals surface area contributed by atoms with Crippen LogP contribution in [0.4, 0.5) is 3.89 Å². The lowest BCUT2D eigenvalue weighted by atomic mass is 10.1. The molecule has 104 valence electrons. The van der Waals surface area contributed by atoms with E-state index in [4.69, 9.17) is 11.6 Å². The second-order valence-corrected chi connectivity index (χ2v) is 6.58. The molecule has 0 N–H and O–H groups in total. The fraction of sp³-hybridized carbons (Fsp3) is 0.417. The van der Waals surface area contributed by atoms with Gasteiger partial charge in [-0.05, 0) is 24.1 Å². The topological polar surface area (TPSA) is 54.5 Å². The predicted octanol–water partition coefficient (Wildman–Crippen LogP) is 1.78. The molecular weight excluding hydrogens is 293 g/mol. The minimum Gasteiger partial charge on any atom is -0.341 e. The van der Waals surface area contributed by atoms with Gasteiger partial charge in [0, 0.05) is 18.1 Å². The van der Waals surface area contributed by atoms with Gasteiger partial charge in [0.25, 0.3) is 0 Å². The van der Waals surface area contributed by atoms with Crippen LogP contribution in [0.2, 0.25) is 5.02 Å². The van der Waals surface area contributed by atoms with Crippen LogP contribution in [0.3, 0.4) is 0 Å². The van der Waals surface area contributed by atoms with Gasteiger partial charge >= 0.3 is 10.2 Å². The van der Waals surface area contributed by atoms with Gasteiger partial charge in [-0.2, -0.15) is 8.42 Å². The molecule has 7 heteroatoms. The highest BCUT2D eigenvalue weighted by atomic mass is 35.5. The van der Waals surface area contributed by atoms with Gasteiger partial charge in [-0.3, -0.25) is 4.79 Å². The highest BCUT2D eigenvalue weighted by molar-refractivity contribution is 7.87. The van der Waals surface area contributed by atoms with E-state index in [9.17, 15) is 17.1 Å². The van der Waals surface area contributed by atoms with Crippen molar-refractivity contribution in [2.75, 3.05) is 13.1 Å². The molecule has 1 aliphatic heterocycles. The average molecular weight is 306 g/mol. The van der Waals surface area contributed by atoms with Crippen molar-refractivity contribution >= 4 is 27.7 Å². The molecule has 1 fully saturated rings. The van der Waals surface area contributed by atoms with E-state index in [0.717, 1.165) is 5.56 Å². The van der Waals surface area contributed by atoms with Gasteiger partial charge in [0.15, 0.2) is 0 Å². The molecule has 1 amide bonds. The molecule has 1 heterocycles. The number of carbonyl (C=O) groups is 1. The van der Waals surface area contributed by atoms with Crippen molar-refractivity contribution in [2.24, 2.45) is 0 Å². The van der Waals surface area contributed by atoms with E-state index in [0.29, 0.717) is 5.02 Å². The first kappa shape index (κ1) is 14.3. The van der Waals surface area contributed by atoms with Gasteiger partial charge in [0.2, 0.25) is 5.91 Å². The minimum absolute atomic E-state index is 0.0642. The maximum Gasteiger partial charge on any atom is 0.307 e. The second-order valence-electron chi connectivity index (χ2n) is 4.53. The lowest BCUT2D eigenvalue weighted by Gasteiger charge is -2.15. The number of hydrogen-bond donors (Lipinski definition) is 0. The summed E-state index contributed by atoms with van der Waals surface area (Å²) in [5.41, 5.74) is 0.793. The maximum absolute atomic E-state index is 12.8. The fourth-order valence-electron chi connectivity index (χ4n) is 2.07. The quantitative estimate of drug-likeness (QED) is 0.800. The molecule has 0 radical (unpaired) electrons. The first-order valence-corrected chi connectivity index (χ1v) is 7.64. The predicted molar refractivity (Wildman–Crippen MR) is 70.2 cm³/mol. The summed E-state index contributed by atoms with van der Waals surface area (Å²) in [6, 6.07) is 6.84. The number of carbonyl (C=O) groups excluding carboxylic acids is 1. The minimum atomic E-state index is -4.56. The molecule has 1 aliphatic rings. The molecule has 4 nitrogen and oxygen atoms in total. The molecule has 1 saturated heterocycles. The van der Waals surface area contributed by atoms with Gasteiger partial charge in [-0.15, -0.1) is 3.89 Å². The molecule has 1 atom stereocenters. The Labute approximate surface area is 116 Å². The number of hydrogen-bond acceptors (Lipinski definition) is 3. The molecular formula is C12H13ClFNO3S. The molecule has 1 aromatic carbocycles. The SMILES string of the molecule is O=C(Cc1ccc(Cl)cc1)N1CCC(S(=O)(=O)F)C1. The van der Waals surface area contributed by atoms with E-state index in [-0.39, 0.29) is 31.8 Å². The maximum atomic E-state index is 12.8. The van der Waals surface area contributed by atoms with E-state index in [1.807, 2.05) is 0 Å². The Hall–Kier alpha value is -1.14. The third-order valence-electron chi connectivity index (χ3n) is 3.16. The normalized spacial score (nSPS) is 19.7. The van der Waals surface area contributed by atoms with E-state index in [1.54, 1.807) is 24.3 Å². The summed E-state index contributed by atoms with van der Waals surface area (Å²) in [6.45, 7) is 0.214. The van der Waals surface area contributed by atoms with Crippen LogP contribution in [-0.2, 0) is 21.4 Å². The summed E-state index contributed by atoms with van der Waals surface area (Å²) >= 11 is 5.74. The Morgan fingerprint density at radius 3 is 2.53 bits per heavy atom. The number of likely N-dealkylation sites (tertiary alicyclic amines) is 1. The van der Waals surface area contributed by atoms with Crippen LogP contribution in [0.25, 0.3) is 0 Å². The Kier molecular flexibility index (Phi) is 4.10. The summed E-state index contributed by atoms with van der Waals surface area (Å²) < 4.78 is 34.4. The lowest BCUT2D eigenvalue weighted by molar-refractivity contribution is -0.129. The number of benzene rings is 1. The molecule has 0 bridgehead atoms. The fourth-order valence-corrected chi connectivity index (χ4v) is 2.94. The van der Waals surface area contributed by atoms with Crippen LogP contribution >= 0.6 is 11.6 Å². The third kappa shape index (κ3) is 3.67. The van der Waals surface area contributed by atoms with E-state index in [2.05, 4.69) is 0 Å². The Morgan fingerprint density at radius 2 is 2.00 bits per heavy atom. The summed E-state index contributed by atoms with van der Waals surface area (Å²) in [5, 5.41) is -0.498. The third-order valence-corrected chi connectivity index (χ3v) is 4.60. The van der Waals surface area contributed by atoms with Crippen LogP contribution in [0.5, 0.6) is 0 Å². The summed E-state index contributed by atoms with van der Waals surface area (Å²) in [6.07, 6.45) is 0.321. The number of rotatable bonds is 3. The second kappa shape index (κ2) is 5.46. The van der Waals surface area contributed by atoms with Crippen molar-refractivity contribution in [2.45, 2.75) is 18.1 Å². The van der Waals surface area contributed by atoms with Gasteiger partial charge < -0.3 is 4.90 Å². The summed E-state index contributed by atoms with van der Waals surface area (Å²) in [5.74, 6) is -0.200. The van der Waals surface area contributed by atoms with Gasteiger partial charge in [0.05, 0.1) is 6.42 Å². The number of nitrogens with zero attached hydrogens (tertiary/aromatic N) is 1. The highest BCUT2D eigenvalue weighted by Gasteiger charge is 2.34. The molecule has 0 spiro atoms. The number of amides is 1. The standard InChI is InChI=1S/C12H13ClFNO3S/c13-10-3-1-9(2-4-10)7-12(16)15-6-5-11(8-15)19(14,17)18/h1-4,11H,5-8H2. The Bertz CT molecular complexity index is 573. The van der Waals surface area contributed by atoms with E-state index < -0.39 is 15.5 Å². The van der Waals surface area contributed by atoms with Gasteiger partial charge in [-0.25, -0.2) is 0 Å². The molecule has 0 aliphatic carbocycles. The molecule has 0 saturated carbocycles. The largest absolute Gasteiger partial charge is 0.341 e. The summed E-state index contributed by atoms with van der Waals surface area (Å²) in [7, 11) is -4.56. The zero-order valence-corrected chi connectivity index (χ0v) is 11.6. The smallest absolute Gasteiger partial charge is 0.307 e. The van der Waals surface area contributed by atoms with Crippen molar-refractivity contribution in [1.82, 2.24) is 4.90 Å². The van der Waals surface area contributed by atoms with Gasteiger partial charge in [-0.1, -0.05) is 23.7 Å². The molecule has 1 unspecified atom stereocenters. The van der Waals surface area contributed by atoms with Crippen LogP contribution in [0.15, 0.2) is 24.3 Å². The van der Waals surface area contributed by atoms with Crippen molar-refractivity contribution in [3.8, 4) is 0 Å². The van der Waals surface area contributed by atoms with Crippen molar-refractivity contribution in [3.63, 3.8) is 0 Å². The number of halogens is 2. The van der Waals surface area contributed by atoms with Crippen LogP contribution < -0.4 is 0 Å².